The first kappa shape index (κ1) is 14.7. The number of esters is 1. The zero-order valence-corrected chi connectivity index (χ0v) is 12.5. The molecule has 0 radical (unpaired) electrons. The highest BCUT2D eigenvalue weighted by atomic mass is 32.1. The highest BCUT2D eigenvalue weighted by Gasteiger charge is 2.20. The van der Waals surface area contributed by atoms with Gasteiger partial charge >= 0.3 is 5.97 Å². The van der Waals surface area contributed by atoms with Gasteiger partial charge in [0, 0.05) is 4.88 Å². The molecule has 1 N–H and O–H groups in total. The molecule has 0 aliphatic heterocycles. The molecule has 22 heavy (non-hydrogen) atoms. The second kappa shape index (κ2) is 6.27. The second-order valence-electron chi connectivity index (χ2n) is 5.02. The van der Waals surface area contributed by atoms with Crippen molar-refractivity contribution in [2.45, 2.75) is 19.3 Å². The van der Waals surface area contributed by atoms with Gasteiger partial charge in [-0.05, 0) is 43.0 Å². The molecule has 4 nitrogen and oxygen atoms in total. The molecule has 0 unspecified atom stereocenters. The Morgan fingerprint density at radius 3 is 2.86 bits per heavy atom. The summed E-state index contributed by atoms with van der Waals surface area (Å²) < 4.78 is 18.4. The molecule has 3 rings (SSSR count). The van der Waals surface area contributed by atoms with E-state index in [1.165, 1.54) is 40.0 Å². The highest BCUT2D eigenvalue weighted by molar-refractivity contribution is 7.14. The van der Waals surface area contributed by atoms with Crippen molar-refractivity contribution >= 4 is 28.9 Å². The Bertz CT molecular complexity index is 704. The normalized spacial score (nSPS) is 12.8. The van der Waals surface area contributed by atoms with Crippen molar-refractivity contribution < 1.29 is 18.7 Å². The number of fused-ring (bicyclic) bond motifs is 1. The van der Waals surface area contributed by atoms with E-state index in [0.717, 1.165) is 19.3 Å². The number of aryl methyl sites for hydroxylation is 2. The zero-order valence-electron chi connectivity index (χ0n) is 11.7. The van der Waals surface area contributed by atoms with Crippen LogP contribution in [0, 0.1) is 5.82 Å². The molecule has 0 spiro atoms. The first-order valence-electron chi connectivity index (χ1n) is 6.96. The van der Waals surface area contributed by atoms with E-state index in [4.69, 9.17) is 4.74 Å². The van der Waals surface area contributed by atoms with Crippen molar-refractivity contribution in [3.05, 3.63) is 51.5 Å². The lowest BCUT2D eigenvalue weighted by atomic mass is 10.2. The average molecular weight is 319 g/mol. The molecule has 0 bridgehead atoms. The molecular formula is C16H14FNO3S. The Labute approximate surface area is 130 Å². The molecule has 1 aromatic carbocycles. The summed E-state index contributed by atoms with van der Waals surface area (Å²) in [6.07, 6.45) is 3.12. The van der Waals surface area contributed by atoms with Crippen molar-refractivity contribution in [1.82, 2.24) is 0 Å². The molecule has 1 aliphatic rings. The quantitative estimate of drug-likeness (QED) is 0.881. The molecule has 2 aromatic rings. The van der Waals surface area contributed by atoms with Crippen LogP contribution in [0.3, 0.4) is 0 Å². The average Bonchev–Trinajstić information content (AvgIpc) is 3.08. The second-order valence-corrected chi connectivity index (χ2v) is 6.15. The number of thiophene rings is 1. The monoisotopic (exact) mass is 319 g/mol. The van der Waals surface area contributed by atoms with Crippen LogP contribution in [-0.2, 0) is 22.4 Å². The van der Waals surface area contributed by atoms with Gasteiger partial charge in [0.25, 0.3) is 5.91 Å². The van der Waals surface area contributed by atoms with Crippen LogP contribution in [0.2, 0.25) is 0 Å². The minimum Gasteiger partial charge on any atom is -0.451 e. The molecule has 0 fully saturated rings. The van der Waals surface area contributed by atoms with Gasteiger partial charge in [0.05, 0.1) is 5.69 Å². The van der Waals surface area contributed by atoms with Crippen LogP contribution in [0.1, 0.15) is 26.5 Å². The smallest absolute Gasteiger partial charge is 0.348 e. The number of carbonyl (C=O) groups excluding carboxylic acids is 2. The molecule has 1 aliphatic carbocycles. The summed E-state index contributed by atoms with van der Waals surface area (Å²) in [6, 6.07) is 7.66. The zero-order chi connectivity index (χ0) is 15.5. The summed E-state index contributed by atoms with van der Waals surface area (Å²) in [6.45, 7) is -0.435. The van der Waals surface area contributed by atoms with Crippen LogP contribution in [0.5, 0.6) is 0 Å². The molecule has 1 aromatic heterocycles. The van der Waals surface area contributed by atoms with Crippen LogP contribution < -0.4 is 5.32 Å². The summed E-state index contributed by atoms with van der Waals surface area (Å²) in [5.74, 6) is -1.61. The van der Waals surface area contributed by atoms with E-state index >= 15 is 0 Å². The fraction of sp³-hybridized carbons (Fsp3) is 0.250. The van der Waals surface area contributed by atoms with Gasteiger partial charge in [0.15, 0.2) is 6.61 Å². The van der Waals surface area contributed by atoms with Crippen LogP contribution in [-0.4, -0.2) is 18.5 Å². The fourth-order valence-corrected chi connectivity index (χ4v) is 3.53. The minimum atomic E-state index is -0.567. The van der Waals surface area contributed by atoms with Gasteiger partial charge in [0.2, 0.25) is 0 Å². The predicted molar refractivity (Wildman–Crippen MR) is 81.7 cm³/mol. The summed E-state index contributed by atoms with van der Waals surface area (Å²) >= 11 is 1.42. The van der Waals surface area contributed by atoms with E-state index < -0.39 is 24.3 Å². The Balaban J connectivity index is 1.54. The van der Waals surface area contributed by atoms with E-state index in [1.807, 2.05) is 6.07 Å². The van der Waals surface area contributed by atoms with Gasteiger partial charge in [-0.2, -0.15) is 0 Å². The van der Waals surface area contributed by atoms with E-state index in [9.17, 15) is 14.0 Å². The molecular weight excluding hydrogens is 305 g/mol. The van der Waals surface area contributed by atoms with Gasteiger partial charge in [-0.3, -0.25) is 4.79 Å². The Hall–Kier alpha value is -2.21. The van der Waals surface area contributed by atoms with Gasteiger partial charge in [-0.25, -0.2) is 9.18 Å². The maximum Gasteiger partial charge on any atom is 0.348 e. The summed E-state index contributed by atoms with van der Waals surface area (Å²) in [4.78, 5) is 25.3. The predicted octanol–water partition coefficient (Wildman–Crippen LogP) is 3.17. The fourth-order valence-electron chi connectivity index (χ4n) is 2.38. The third-order valence-corrected chi connectivity index (χ3v) is 4.65. The number of benzene rings is 1. The summed E-state index contributed by atoms with van der Waals surface area (Å²) in [5, 5.41) is 2.37. The minimum absolute atomic E-state index is 0.0682. The number of nitrogens with one attached hydrogen (secondary N) is 1. The molecule has 0 saturated carbocycles. The van der Waals surface area contributed by atoms with Crippen molar-refractivity contribution in [3.8, 4) is 0 Å². The number of ether oxygens (including phenoxy) is 1. The van der Waals surface area contributed by atoms with Gasteiger partial charge < -0.3 is 10.1 Å². The number of halogens is 1. The van der Waals surface area contributed by atoms with E-state index in [-0.39, 0.29) is 5.69 Å². The lowest BCUT2D eigenvalue weighted by molar-refractivity contribution is -0.119. The van der Waals surface area contributed by atoms with Gasteiger partial charge in [0.1, 0.15) is 10.7 Å². The summed E-state index contributed by atoms with van der Waals surface area (Å²) in [5.41, 5.74) is 1.27. The maximum absolute atomic E-state index is 13.4. The Kier molecular flexibility index (Phi) is 4.20. The lowest BCUT2D eigenvalue weighted by Crippen LogP contribution is -2.21. The number of anilines is 1. The van der Waals surface area contributed by atoms with Crippen LogP contribution >= 0.6 is 11.3 Å². The van der Waals surface area contributed by atoms with E-state index in [0.29, 0.717) is 4.88 Å². The number of amides is 1. The van der Waals surface area contributed by atoms with E-state index in [1.54, 1.807) is 6.07 Å². The number of para-hydroxylation sites is 1. The van der Waals surface area contributed by atoms with Crippen molar-refractivity contribution in [1.29, 1.82) is 0 Å². The SMILES string of the molecule is O=C(COC(=O)c1cc2c(s1)CCC2)Nc1ccccc1F. The van der Waals surface area contributed by atoms with Crippen molar-refractivity contribution in [2.24, 2.45) is 0 Å². The molecule has 1 amide bonds. The Morgan fingerprint density at radius 1 is 1.27 bits per heavy atom. The van der Waals surface area contributed by atoms with Crippen LogP contribution in [0.15, 0.2) is 30.3 Å². The molecule has 1 heterocycles. The third kappa shape index (κ3) is 3.17. The van der Waals surface area contributed by atoms with Gasteiger partial charge in [-0.1, -0.05) is 12.1 Å². The number of hydrogen-bond acceptors (Lipinski definition) is 4. The molecule has 0 atom stereocenters. The van der Waals surface area contributed by atoms with Crippen molar-refractivity contribution in [3.63, 3.8) is 0 Å². The maximum atomic E-state index is 13.4. The lowest BCUT2D eigenvalue weighted by Gasteiger charge is -2.06. The van der Waals surface area contributed by atoms with Crippen LogP contribution in [0.25, 0.3) is 0 Å². The number of rotatable bonds is 4. The first-order valence-corrected chi connectivity index (χ1v) is 7.78. The van der Waals surface area contributed by atoms with Gasteiger partial charge in [-0.15, -0.1) is 11.3 Å². The highest BCUT2D eigenvalue weighted by Crippen LogP contribution is 2.30. The molecule has 0 saturated heterocycles. The third-order valence-electron chi connectivity index (χ3n) is 3.43. The largest absolute Gasteiger partial charge is 0.451 e. The number of carbonyl (C=O) groups is 2. The summed E-state index contributed by atoms with van der Waals surface area (Å²) in [7, 11) is 0. The van der Waals surface area contributed by atoms with E-state index in [2.05, 4.69) is 5.32 Å². The Morgan fingerprint density at radius 2 is 2.09 bits per heavy atom. The standard InChI is InChI=1S/C16H14FNO3S/c17-11-5-1-2-6-12(11)18-15(19)9-21-16(20)14-8-10-4-3-7-13(10)22-14/h1-2,5-6,8H,3-4,7,9H2,(H,18,19). The number of hydrogen-bond donors (Lipinski definition) is 1. The molecule has 6 heteroatoms. The van der Waals surface area contributed by atoms with Crippen molar-refractivity contribution in [2.75, 3.05) is 11.9 Å². The topological polar surface area (TPSA) is 55.4 Å². The first-order chi connectivity index (χ1) is 10.6. The molecule has 114 valence electrons. The van der Waals surface area contributed by atoms with Crippen LogP contribution in [0.4, 0.5) is 10.1 Å².